The van der Waals surface area contributed by atoms with E-state index in [1.54, 1.807) is 6.92 Å². The van der Waals surface area contributed by atoms with Gasteiger partial charge in [-0.25, -0.2) is 4.79 Å². The first-order valence-corrected chi connectivity index (χ1v) is 9.08. The van der Waals surface area contributed by atoms with E-state index in [1.807, 2.05) is 41.3 Å². The zero-order valence-corrected chi connectivity index (χ0v) is 15.1. The number of hydrogen-bond acceptors (Lipinski definition) is 2. The van der Waals surface area contributed by atoms with Gasteiger partial charge in [0.05, 0.1) is 0 Å². The Kier molecular flexibility index (Phi) is 5.89. The predicted molar refractivity (Wildman–Crippen MR) is 103 cm³/mol. The molecule has 0 radical (unpaired) electrons. The number of urea groups is 1. The molecule has 0 bridgehead atoms. The number of fused-ring (bicyclic) bond motifs is 1. The molecule has 0 aliphatic carbocycles. The topological polar surface area (TPSA) is 61.4 Å². The molecule has 5 heteroatoms. The highest BCUT2D eigenvalue weighted by Gasteiger charge is 2.18. The van der Waals surface area contributed by atoms with Gasteiger partial charge >= 0.3 is 6.03 Å². The van der Waals surface area contributed by atoms with Crippen molar-refractivity contribution in [2.24, 2.45) is 0 Å². The smallest absolute Gasteiger partial charge is 0.319 e. The monoisotopic (exact) mass is 351 g/mol. The summed E-state index contributed by atoms with van der Waals surface area (Å²) in [6, 6.07) is 16.0. The number of nitrogens with one attached hydrogen (secondary N) is 2. The number of nitrogens with zero attached hydrogens (tertiary/aromatic N) is 1. The molecule has 26 heavy (non-hydrogen) atoms. The lowest BCUT2D eigenvalue weighted by Gasteiger charge is -2.28. The van der Waals surface area contributed by atoms with Gasteiger partial charge in [-0.05, 0) is 48.1 Å². The molecule has 1 heterocycles. The number of amides is 3. The molecule has 0 saturated carbocycles. The Morgan fingerprint density at radius 1 is 1.08 bits per heavy atom. The summed E-state index contributed by atoms with van der Waals surface area (Å²) in [5.74, 6) is 0.0881. The van der Waals surface area contributed by atoms with Crippen molar-refractivity contribution >= 4 is 17.6 Å². The minimum Gasteiger partial charge on any atom is -0.338 e. The molecule has 3 rings (SSSR count). The molecular weight excluding hydrogens is 326 g/mol. The van der Waals surface area contributed by atoms with E-state index in [1.165, 1.54) is 11.1 Å². The molecule has 5 nitrogen and oxygen atoms in total. The zero-order valence-electron chi connectivity index (χ0n) is 15.1. The molecule has 1 aliphatic heterocycles. The van der Waals surface area contributed by atoms with Gasteiger partial charge in [0, 0.05) is 32.2 Å². The second-order valence-electron chi connectivity index (χ2n) is 6.64. The lowest BCUT2D eigenvalue weighted by molar-refractivity contribution is -0.129. The number of hydrogen-bond donors (Lipinski definition) is 2. The van der Waals surface area contributed by atoms with Gasteiger partial charge in [0.1, 0.15) is 0 Å². The molecule has 0 atom stereocenters. The Hall–Kier alpha value is -2.82. The molecule has 0 spiro atoms. The van der Waals surface area contributed by atoms with Gasteiger partial charge in [-0.15, -0.1) is 0 Å². The van der Waals surface area contributed by atoms with Gasteiger partial charge in [-0.3, -0.25) is 4.79 Å². The van der Waals surface area contributed by atoms with Gasteiger partial charge in [0.15, 0.2) is 0 Å². The van der Waals surface area contributed by atoms with E-state index >= 15 is 0 Å². The van der Waals surface area contributed by atoms with Crippen molar-refractivity contribution in [2.75, 3.05) is 18.4 Å². The first-order chi connectivity index (χ1) is 12.6. The van der Waals surface area contributed by atoms with Crippen LogP contribution in [-0.2, 0) is 24.2 Å². The van der Waals surface area contributed by atoms with E-state index < -0.39 is 0 Å². The van der Waals surface area contributed by atoms with Crippen molar-refractivity contribution in [3.05, 3.63) is 65.2 Å². The summed E-state index contributed by atoms with van der Waals surface area (Å²) in [7, 11) is 0. The summed E-state index contributed by atoms with van der Waals surface area (Å²) in [6.45, 7) is 3.59. The Morgan fingerprint density at radius 3 is 2.65 bits per heavy atom. The van der Waals surface area contributed by atoms with Gasteiger partial charge < -0.3 is 15.5 Å². The Balaban J connectivity index is 1.47. The molecule has 2 aromatic carbocycles. The van der Waals surface area contributed by atoms with E-state index in [0.29, 0.717) is 13.1 Å². The largest absolute Gasteiger partial charge is 0.338 e. The van der Waals surface area contributed by atoms with Crippen molar-refractivity contribution in [3.63, 3.8) is 0 Å². The predicted octanol–water partition coefficient (Wildman–Crippen LogP) is 3.35. The molecule has 1 aliphatic rings. The number of aryl methyl sites for hydroxylation is 1. The van der Waals surface area contributed by atoms with Crippen LogP contribution in [0.25, 0.3) is 0 Å². The van der Waals surface area contributed by atoms with Crippen LogP contribution in [0.1, 0.15) is 30.0 Å². The molecular formula is C21H25N3O2. The average Bonchev–Trinajstić information content (AvgIpc) is 2.65. The SMILES string of the molecule is CC(=O)N1CCc2ccc(NC(=O)NCCCc3ccccc3)cc2C1. The summed E-state index contributed by atoms with van der Waals surface area (Å²) in [5, 5.41) is 5.78. The Bertz CT molecular complexity index is 774. The van der Waals surface area contributed by atoms with Crippen LogP contribution in [0, 0.1) is 0 Å². The molecule has 2 N–H and O–H groups in total. The molecule has 0 fully saturated rings. The summed E-state index contributed by atoms with van der Waals surface area (Å²) in [6.07, 6.45) is 2.71. The average molecular weight is 351 g/mol. The van der Waals surface area contributed by atoms with E-state index in [2.05, 4.69) is 22.8 Å². The van der Waals surface area contributed by atoms with E-state index in [4.69, 9.17) is 0 Å². The van der Waals surface area contributed by atoms with Crippen LogP contribution in [0.5, 0.6) is 0 Å². The van der Waals surface area contributed by atoms with Crippen LogP contribution in [0.2, 0.25) is 0 Å². The highest BCUT2D eigenvalue weighted by Crippen LogP contribution is 2.22. The number of rotatable bonds is 5. The highest BCUT2D eigenvalue weighted by molar-refractivity contribution is 5.89. The highest BCUT2D eigenvalue weighted by atomic mass is 16.2. The Morgan fingerprint density at radius 2 is 1.88 bits per heavy atom. The number of carbonyl (C=O) groups is 2. The molecule has 136 valence electrons. The molecule has 0 unspecified atom stereocenters. The third-order valence-electron chi connectivity index (χ3n) is 4.69. The van der Waals surface area contributed by atoms with Crippen LogP contribution in [0.3, 0.4) is 0 Å². The minimum atomic E-state index is -0.197. The zero-order chi connectivity index (χ0) is 18.4. The summed E-state index contributed by atoms with van der Waals surface area (Å²) in [4.78, 5) is 25.5. The quantitative estimate of drug-likeness (QED) is 0.812. The van der Waals surface area contributed by atoms with Crippen LogP contribution in [0.4, 0.5) is 10.5 Å². The van der Waals surface area contributed by atoms with Crippen molar-refractivity contribution in [1.29, 1.82) is 0 Å². The molecule has 3 amide bonds. The normalized spacial score (nSPS) is 13.0. The van der Waals surface area contributed by atoms with Gasteiger partial charge in [-0.2, -0.15) is 0 Å². The number of benzene rings is 2. The fourth-order valence-corrected chi connectivity index (χ4v) is 3.22. The van der Waals surface area contributed by atoms with Crippen molar-refractivity contribution in [3.8, 4) is 0 Å². The summed E-state index contributed by atoms with van der Waals surface area (Å²) >= 11 is 0. The van der Waals surface area contributed by atoms with Crippen LogP contribution in [0.15, 0.2) is 48.5 Å². The number of carbonyl (C=O) groups excluding carboxylic acids is 2. The summed E-state index contributed by atoms with van der Waals surface area (Å²) in [5.41, 5.74) is 4.39. The van der Waals surface area contributed by atoms with Gasteiger partial charge in [0.25, 0.3) is 0 Å². The first kappa shape index (κ1) is 18.0. The summed E-state index contributed by atoms with van der Waals surface area (Å²) < 4.78 is 0. The fourth-order valence-electron chi connectivity index (χ4n) is 3.22. The molecule has 0 saturated heterocycles. The maximum absolute atomic E-state index is 12.1. The second-order valence-corrected chi connectivity index (χ2v) is 6.64. The minimum absolute atomic E-state index is 0.0881. The van der Waals surface area contributed by atoms with E-state index in [-0.39, 0.29) is 11.9 Å². The van der Waals surface area contributed by atoms with Crippen LogP contribution >= 0.6 is 0 Å². The fraction of sp³-hybridized carbons (Fsp3) is 0.333. The lowest BCUT2D eigenvalue weighted by Crippen LogP contribution is -2.34. The second kappa shape index (κ2) is 8.52. The first-order valence-electron chi connectivity index (χ1n) is 9.08. The van der Waals surface area contributed by atoms with Crippen LogP contribution in [-0.4, -0.2) is 29.9 Å². The van der Waals surface area contributed by atoms with Crippen molar-refractivity contribution < 1.29 is 9.59 Å². The van der Waals surface area contributed by atoms with Crippen LogP contribution < -0.4 is 10.6 Å². The Labute approximate surface area is 154 Å². The third-order valence-corrected chi connectivity index (χ3v) is 4.69. The number of anilines is 1. The lowest BCUT2D eigenvalue weighted by atomic mass is 9.99. The third kappa shape index (κ3) is 4.85. The van der Waals surface area contributed by atoms with Gasteiger partial charge in [0.2, 0.25) is 5.91 Å². The van der Waals surface area contributed by atoms with Gasteiger partial charge in [-0.1, -0.05) is 36.4 Å². The maximum atomic E-state index is 12.1. The molecule has 0 aromatic heterocycles. The standard InChI is InChI=1S/C21H25N3O2/c1-16(25)24-13-11-18-9-10-20(14-19(18)15-24)23-21(26)22-12-5-8-17-6-3-2-4-7-17/h2-4,6-7,9-10,14H,5,8,11-13,15H2,1H3,(H2,22,23,26). The van der Waals surface area contributed by atoms with E-state index in [9.17, 15) is 9.59 Å². The van der Waals surface area contributed by atoms with Crippen molar-refractivity contribution in [1.82, 2.24) is 10.2 Å². The maximum Gasteiger partial charge on any atom is 0.319 e. The van der Waals surface area contributed by atoms with E-state index in [0.717, 1.165) is 37.1 Å². The molecule has 2 aromatic rings. The van der Waals surface area contributed by atoms with Crippen molar-refractivity contribution in [2.45, 2.75) is 32.7 Å².